The van der Waals surface area contributed by atoms with Crippen LogP contribution in [0.4, 0.5) is 11.8 Å². The van der Waals surface area contributed by atoms with E-state index < -0.39 is 0 Å². The molecular weight excluding hydrogens is 238 g/mol. The molecule has 0 bridgehead atoms. The molecule has 104 valence electrons. The quantitative estimate of drug-likeness (QED) is 0.700. The number of rotatable bonds is 8. The zero-order valence-corrected chi connectivity index (χ0v) is 11.7. The molecule has 5 nitrogen and oxygen atoms in total. The van der Waals surface area contributed by atoms with Crippen molar-refractivity contribution in [3.8, 4) is 6.07 Å². The van der Waals surface area contributed by atoms with Gasteiger partial charge in [-0.1, -0.05) is 45.4 Å². The van der Waals surface area contributed by atoms with Crippen LogP contribution in [0.25, 0.3) is 0 Å². The van der Waals surface area contributed by atoms with Crippen LogP contribution in [-0.4, -0.2) is 9.97 Å². The maximum Gasteiger partial charge on any atom is 0.222 e. The number of nitriles is 1. The van der Waals surface area contributed by atoms with E-state index in [-0.39, 0.29) is 11.8 Å². The minimum atomic E-state index is 0.148. The Labute approximate surface area is 115 Å². The van der Waals surface area contributed by atoms with Crippen LogP contribution in [-0.2, 0) is 6.42 Å². The molecule has 19 heavy (non-hydrogen) atoms. The first-order chi connectivity index (χ1) is 9.19. The van der Waals surface area contributed by atoms with Gasteiger partial charge in [-0.15, -0.1) is 0 Å². The highest BCUT2D eigenvalue weighted by molar-refractivity contribution is 5.53. The van der Waals surface area contributed by atoms with Gasteiger partial charge in [-0.25, -0.2) is 4.98 Å². The maximum absolute atomic E-state index is 9.04. The van der Waals surface area contributed by atoms with E-state index in [0.29, 0.717) is 11.3 Å². The van der Waals surface area contributed by atoms with Crippen LogP contribution in [0.2, 0.25) is 0 Å². The maximum atomic E-state index is 9.04. The summed E-state index contributed by atoms with van der Waals surface area (Å²) in [6.45, 7) is 2.22. The zero-order chi connectivity index (χ0) is 14.1. The Morgan fingerprint density at radius 2 is 1.63 bits per heavy atom. The molecule has 0 aliphatic heterocycles. The van der Waals surface area contributed by atoms with Gasteiger partial charge in [-0.2, -0.15) is 10.2 Å². The third-order valence-corrected chi connectivity index (χ3v) is 3.16. The van der Waals surface area contributed by atoms with E-state index in [1.807, 2.05) is 0 Å². The second-order valence-corrected chi connectivity index (χ2v) is 4.77. The van der Waals surface area contributed by atoms with Crippen molar-refractivity contribution in [2.24, 2.45) is 0 Å². The Hall–Kier alpha value is -1.83. The SMILES string of the molecule is CCCCCCCCCc1nc(N)nc(N)c1C#N. The highest BCUT2D eigenvalue weighted by Crippen LogP contribution is 2.16. The summed E-state index contributed by atoms with van der Waals surface area (Å²) >= 11 is 0. The predicted octanol–water partition coefficient (Wildman–Crippen LogP) is 2.81. The standard InChI is InChI=1S/C14H23N5/c1-2-3-4-5-6-7-8-9-12-11(10-15)13(16)19-14(17)18-12/h2-9H2,1H3,(H4,16,17,18,19). The van der Waals surface area contributed by atoms with Crippen molar-refractivity contribution in [3.05, 3.63) is 11.3 Å². The molecule has 0 fully saturated rings. The largest absolute Gasteiger partial charge is 0.382 e. The predicted molar refractivity (Wildman–Crippen MR) is 77.3 cm³/mol. The van der Waals surface area contributed by atoms with E-state index in [9.17, 15) is 0 Å². The summed E-state index contributed by atoms with van der Waals surface area (Å²) in [4.78, 5) is 7.92. The molecule has 0 spiro atoms. The molecule has 0 aliphatic carbocycles. The van der Waals surface area contributed by atoms with E-state index in [1.54, 1.807) is 0 Å². The van der Waals surface area contributed by atoms with E-state index >= 15 is 0 Å². The van der Waals surface area contributed by atoms with Gasteiger partial charge in [0.25, 0.3) is 0 Å². The third-order valence-electron chi connectivity index (χ3n) is 3.16. The number of nitrogens with two attached hydrogens (primary N) is 2. The molecular formula is C14H23N5. The fourth-order valence-electron chi connectivity index (χ4n) is 2.10. The van der Waals surface area contributed by atoms with E-state index in [1.165, 1.54) is 32.1 Å². The number of hydrogen-bond donors (Lipinski definition) is 2. The Morgan fingerprint density at radius 3 is 2.26 bits per heavy atom. The Balaban J connectivity index is 2.39. The summed E-state index contributed by atoms with van der Waals surface area (Å²) in [7, 11) is 0. The van der Waals surface area contributed by atoms with E-state index in [4.69, 9.17) is 16.7 Å². The number of nitrogens with zero attached hydrogens (tertiary/aromatic N) is 3. The number of hydrogen-bond acceptors (Lipinski definition) is 5. The molecule has 0 radical (unpaired) electrons. The number of aryl methyl sites for hydroxylation is 1. The lowest BCUT2D eigenvalue weighted by Crippen LogP contribution is -2.07. The molecule has 1 aromatic heterocycles. The molecule has 1 aromatic rings. The molecule has 0 unspecified atom stereocenters. The lowest BCUT2D eigenvalue weighted by molar-refractivity contribution is 0.587. The van der Waals surface area contributed by atoms with Gasteiger partial charge in [0, 0.05) is 0 Å². The highest BCUT2D eigenvalue weighted by atomic mass is 15.0. The molecule has 0 saturated carbocycles. The lowest BCUT2D eigenvalue weighted by Gasteiger charge is -2.06. The summed E-state index contributed by atoms with van der Waals surface area (Å²) < 4.78 is 0. The van der Waals surface area contributed by atoms with Gasteiger partial charge in [0.15, 0.2) is 0 Å². The average Bonchev–Trinajstić information content (AvgIpc) is 2.37. The van der Waals surface area contributed by atoms with Crippen LogP contribution in [0.1, 0.15) is 63.1 Å². The van der Waals surface area contributed by atoms with Crippen molar-refractivity contribution in [2.45, 2.75) is 58.3 Å². The van der Waals surface area contributed by atoms with E-state index in [2.05, 4.69) is 23.0 Å². The van der Waals surface area contributed by atoms with Crippen molar-refractivity contribution in [1.82, 2.24) is 9.97 Å². The first-order valence-corrected chi connectivity index (χ1v) is 7.01. The Kier molecular flexibility index (Phi) is 6.65. The van der Waals surface area contributed by atoms with Crippen molar-refractivity contribution in [3.63, 3.8) is 0 Å². The van der Waals surface area contributed by atoms with Crippen molar-refractivity contribution < 1.29 is 0 Å². The van der Waals surface area contributed by atoms with Gasteiger partial charge in [-0.3, -0.25) is 0 Å². The molecule has 0 aliphatic rings. The highest BCUT2D eigenvalue weighted by Gasteiger charge is 2.10. The summed E-state index contributed by atoms with van der Waals surface area (Å²) in [6.07, 6.45) is 9.32. The van der Waals surface area contributed by atoms with Crippen LogP contribution in [0.3, 0.4) is 0 Å². The summed E-state index contributed by atoms with van der Waals surface area (Å²) in [5.74, 6) is 0.336. The molecule has 0 atom stereocenters. The van der Waals surface area contributed by atoms with Crippen molar-refractivity contribution in [1.29, 1.82) is 5.26 Å². The molecule has 0 amide bonds. The minimum absolute atomic E-state index is 0.148. The first kappa shape index (κ1) is 15.2. The van der Waals surface area contributed by atoms with Gasteiger partial charge in [0.1, 0.15) is 17.5 Å². The summed E-state index contributed by atoms with van der Waals surface area (Å²) in [6, 6.07) is 2.05. The van der Waals surface area contributed by atoms with Gasteiger partial charge >= 0.3 is 0 Å². The number of anilines is 2. The van der Waals surface area contributed by atoms with Crippen LogP contribution in [0.15, 0.2) is 0 Å². The normalized spacial score (nSPS) is 10.3. The van der Waals surface area contributed by atoms with Crippen LogP contribution >= 0.6 is 0 Å². The number of unbranched alkanes of at least 4 members (excludes halogenated alkanes) is 6. The number of aromatic nitrogens is 2. The fourth-order valence-corrected chi connectivity index (χ4v) is 2.10. The molecule has 0 aromatic carbocycles. The van der Waals surface area contributed by atoms with Crippen LogP contribution in [0.5, 0.6) is 0 Å². The first-order valence-electron chi connectivity index (χ1n) is 7.01. The molecule has 0 saturated heterocycles. The summed E-state index contributed by atoms with van der Waals surface area (Å²) in [5, 5.41) is 9.04. The van der Waals surface area contributed by atoms with Gasteiger partial charge in [-0.05, 0) is 12.8 Å². The molecule has 1 heterocycles. The smallest absolute Gasteiger partial charge is 0.222 e. The number of nitrogen functional groups attached to an aromatic ring is 2. The second-order valence-electron chi connectivity index (χ2n) is 4.77. The molecule has 1 rings (SSSR count). The monoisotopic (exact) mass is 261 g/mol. The minimum Gasteiger partial charge on any atom is -0.382 e. The van der Waals surface area contributed by atoms with E-state index in [0.717, 1.165) is 19.3 Å². The second kappa shape index (κ2) is 8.30. The molecule has 5 heteroatoms. The molecule has 4 N–H and O–H groups in total. The van der Waals surface area contributed by atoms with Crippen molar-refractivity contribution in [2.75, 3.05) is 11.5 Å². The average molecular weight is 261 g/mol. The topological polar surface area (TPSA) is 102 Å². The Morgan fingerprint density at radius 1 is 1.00 bits per heavy atom. The third kappa shape index (κ3) is 5.12. The van der Waals surface area contributed by atoms with Crippen LogP contribution in [0, 0.1) is 11.3 Å². The van der Waals surface area contributed by atoms with Crippen LogP contribution < -0.4 is 11.5 Å². The Bertz CT molecular complexity index is 436. The fraction of sp³-hybridized carbons (Fsp3) is 0.643. The van der Waals surface area contributed by atoms with Gasteiger partial charge < -0.3 is 11.5 Å². The van der Waals surface area contributed by atoms with Gasteiger partial charge in [0.2, 0.25) is 5.95 Å². The van der Waals surface area contributed by atoms with Gasteiger partial charge in [0.05, 0.1) is 5.69 Å². The zero-order valence-electron chi connectivity index (χ0n) is 11.7. The summed E-state index contributed by atoms with van der Waals surface area (Å²) in [5.41, 5.74) is 12.3. The lowest BCUT2D eigenvalue weighted by atomic mass is 10.1. The van der Waals surface area contributed by atoms with Crippen molar-refractivity contribution >= 4 is 11.8 Å².